The molecule has 0 spiro atoms. The minimum Gasteiger partial charge on any atom is -0.309 e. The van der Waals surface area contributed by atoms with Crippen molar-refractivity contribution >= 4 is 0 Å². The summed E-state index contributed by atoms with van der Waals surface area (Å²) in [4.78, 5) is 7.58. The number of rotatable bonds is 1. The van der Waals surface area contributed by atoms with E-state index in [0.29, 0.717) is 5.82 Å². The summed E-state index contributed by atoms with van der Waals surface area (Å²) < 4.78 is 37.2. The standard InChI is InChI=1S/C13H10F3N3/c14-13(15,16)11-6-18-12(19-7-11)8-1-2-9-4-17-5-10(9)3-8/h1-3,6-7,17H,4-5H2. The number of alkyl halides is 3. The van der Waals surface area contributed by atoms with E-state index in [2.05, 4.69) is 15.3 Å². The Morgan fingerprint density at radius 1 is 1.00 bits per heavy atom. The molecular formula is C13H10F3N3. The van der Waals surface area contributed by atoms with Gasteiger partial charge in [0, 0.05) is 31.0 Å². The van der Waals surface area contributed by atoms with E-state index in [-0.39, 0.29) is 0 Å². The smallest absolute Gasteiger partial charge is 0.309 e. The zero-order chi connectivity index (χ0) is 13.5. The van der Waals surface area contributed by atoms with Crippen molar-refractivity contribution in [3.8, 4) is 11.4 Å². The van der Waals surface area contributed by atoms with E-state index >= 15 is 0 Å². The van der Waals surface area contributed by atoms with Gasteiger partial charge in [-0.1, -0.05) is 12.1 Å². The largest absolute Gasteiger partial charge is 0.419 e. The number of nitrogens with zero attached hydrogens (tertiary/aromatic N) is 2. The number of fused-ring (bicyclic) bond motifs is 1. The Labute approximate surface area is 107 Å². The molecule has 3 rings (SSSR count). The first kappa shape index (κ1) is 12.1. The van der Waals surface area contributed by atoms with E-state index < -0.39 is 11.7 Å². The van der Waals surface area contributed by atoms with Crippen molar-refractivity contribution < 1.29 is 13.2 Å². The molecular weight excluding hydrogens is 255 g/mol. The number of halogens is 3. The van der Waals surface area contributed by atoms with Gasteiger partial charge >= 0.3 is 6.18 Å². The highest BCUT2D eigenvalue weighted by Crippen LogP contribution is 2.29. The summed E-state index contributed by atoms with van der Waals surface area (Å²) in [7, 11) is 0. The third kappa shape index (κ3) is 2.31. The molecule has 1 aliphatic rings. The van der Waals surface area contributed by atoms with Crippen LogP contribution in [0.25, 0.3) is 11.4 Å². The van der Waals surface area contributed by atoms with Crippen molar-refractivity contribution in [2.75, 3.05) is 0 Å². The molecule has 98 valence electrons. The third-order valence-corrected chi connectivity index (χ3v) is 3.07. The molecule has 0 amide bonds. The second-order valence-corrected chi connectivity index (χ2v) is 4.38. The van der Waals surface area contributed by atoms with Crippen molar-refractivity contribution in [3.63, 3.8) is 0 Å². The van der Waals surface area contributed by atoms with Crippen LogP contribution in [0.5, 0.6) is 0 Å². The van der Waals surface area contributed by atoms with Gasteiger partial charge in [0.05, 0.1) is 5.56 Å². The predicted octanol–water partition coefficient (Wildman–Crippen LogP) is 2.77. The van der Waals surface area contributed by atoms with Crippen LogP contribution in [-0.4, -0.2) is 9.97 Å². The van der Waals surface area contributed by atoms with Gasteiger partial charge in [-0.25, -0.2) is 9.97 Å². The Bertz CT molecular complexity index is 606. The molecule has 3 nitrogen and oxygen atoms in total. The molecule has 0 unspecified atom stereocenters. The average Bonchev–Trinajstić information content (AvgIpc) is 2.85. The molecule has 1 aromatic heterocycles. The predicted molar refractivity (Wildman–Crippen MR) is 63.0 cm³/mol. The summed E-state index contributed by atoms with van der Waals surface area (Å²) >= 11 is 0. The Morgan fingerprint density at radius 3 is 2.37 bits per heavy atom. The second-order valence-electron chi connectivity index (χ2n) is 4.38. The van der Waals surface area contributed by atoms with Crippen LogP contribution < -0.4 is 5.32 Å². The fourth-order valence-corrected chi connectivity index (χ4v) is 2.06. The van der Waals surface area contributed by atoms with E-state index in [1.807, 2.05) is 18.2 Å². The number of nitrogens with one attached hydrogen (secondary N) is 1. The maximum atomic E-state index is 12.4. The van der Waals surface area contributed by atoms with Gasteiger partial charge in [0.15, 0.2) is 5.82 Å². The van der Waals surface area contributed by atoms with Crippen LogP contribution in [0.1, 0.15) is 16.7 Å². The third-order valence-electron chi connectivity index (χ3n) is 3.07. The first-order valence-corrected chi connectivity index (χ1v) is 5.76. The van der Waals surface area contributed by atoms with Crippen molar-refractivity contribution in [1.82, 2.24) is 15.3 Å². The minimum atomic E-state index is -4.40. The van der Waals surface area contributed by atoms with Gasteiger partial charge in [0.25, 0.3) is 0 Å². The highest BCUT2D eigenvalue weighted by molar-refractivity contribution is 5.57. The Balaban J connectivity index is 1.94. The van der Waals surface area contributed by atoms with Crippen LogP contribution in [0.15, 0.2) is 30.6 Å². The molecule has 0 bridgehead atoms. The molecule has 0 fully saturated rings. The summed E-state index contributed by atoms with van der Waals surface area (Å²) in [6.07, 6.45) is -2.78. The minimum absolute atomic E-state index is 0.308. The second kappa shape index (κ2) is 4.31. The zero-order valence-electron chi connectivity index (χ0n) is 9.83. The molecule has 1 aliphatic heterocycles. The van der Waals surface area contributed by atoms with Crippen molar-refractivity contribution in [1.29, 1.82) is 0 Å². The number of hydrogen-bond acceptors (Lipinski definition) is 3. The summed E-state index contributed by atoms with van der Waals surface area (Å²) in [6, 6.07) is 5.69. The first-order chi connectivity index (χ1) is 9.04. The van der Waals surface area contributed by atoms with Crippen LogP contribution >= 0.6 is 0 Å². The van der Waals surface area contributed by atoms with Crippen LogP contribution in [0.3, 0.4) is 0 Å². The Morgan fingerprint density at radius 2 is 1.68 bits per heavy atom. The molecule has 0 radical (unpaired) electrons. The lowest BCUT2D eigenvalue weighted by molar-refractivity contribution is -0.138. The Kier molecular flexibility index (Phi) is 2.74. The van der Waals surface area contributed by atoms with Gasteiger partial charge in [0.1, 0.15) is 0 Å². The van der Waals surface area contributed by atoms with Crippen LogP contribution in [0, 0.1) is 0 Å². The Hall–Kier alpha value is -1.95. The summed E-state index contributed by atoms with van der Waals surface area (Å²) in [5.41, 5.74) is 2.24. The first-order valence-electron chi connectivity index (χ1n) is 5.76. The molecule has 6 heteroatoms. The van der Waals surface area contributed by atoms with Gasteiger partial charge in [-0.05, 0) is 17.2 Å². The lowest BCUT2D eigenvalue weighted by Gasteiger charge is -2.07. The van der Waals surface area contributed by atoms with E-state index in [1.165, 1.54) is 5.56 Å². The van der Waals surface area contributed by atoms with E-state index in [0.717, 1.165) is 36.6 Å². The molecule has 1 N–H and O–H groups in total. The molecule has 0 aliphatic carbocycles. The van der Waals surface area contributed by atoms with Crippen molar-refractivity contribution in [2.45, 2.75) is 19.3 Å². The number of aromatic nitrogens is 2. The lowest BCUT2D eigenvalue weighted by Crippen LogP contribution is -2.06. The van der Waals surface area contributed by atoms with Gasteiger partial charge in [0.2, 0.25) is 0 Å². The van der Waals surface area contributed by atoms with Gasteiger partial charge in [-0.2, -0.15) is 13.2 Å². The van der Waals surface area contributed by atoms with Crippen LogP contribution in [-0.2, 0) is 19.3 Å². The van der Waals surface area contributed by atoms with Crippen LogP contribution in [0.4, 0.5) is 13.2 Å². The molecule has 2 aromatic rings. The molecule has 1 aromatic carbocycles. The van der Waals surface area contributed by atoms with E-state index in [4.69, 9.17) is 0 Å². The maximum absolute atomic E-state index is 12.4. The molecule has 0 atom stereocenters. The van der Waals surface area contributed by atoms with Crippen LogP contribution in [0.2, 0.25) is 0 Å². The SMILES string of the molecule is FC(F)(F)c1cnc(-c2ccc3c(c2)CNC3)nc1. The quantitative estimate of drug-likeness (QED) is 0.861. The summed E-state index contributed by atoms with van der Waals surface area (Å²) in [5.74, 6) is 0.308. The molecule has 2 heterocycles. The maximum Gasteiger partial charge on any atom is 0.419 e. The highest BCUT2D eigenvalue weighted by atomic mass is 19.4. The fraction of sp³-hybridized carbons (Fsp3) is 0.231. The van der Waals surface area contributed by atoms with Gasteiger partial charge in [-0.3, -0.25) is 0 Å². The van der Waals surface area contributed by atoms with E-state index in [1.54, 1.807) is 0 Å². The summed E-state index contributed by atoms with van der Waals surface area (Å²) in [5, 5.41) is 3.21. The fourth-order valence-electron chi connectivity index (χ4n) is 2.06. The van der Waals surface area contributed by atoms with Gasteiger partial charge in [-0.15, -0.1) is 0 Å². The van der Waals surface area contributed by atoms with Gasteiger partial charge < -0.3 is 5.32 Å². The molecule has 0 saturated heterocycles. The monoisotopic (exact) mass is 265 g/mol. The molecule has 19 heavy (non-hydrogen) atoms. The number of hydrogen-bond donors (Lipinski definition) is 1. The molecule has 0 saturated carbocycles. The average molecular weight is 265 g/mol. The normalized spacial score (nSPS) is 14.5. The zero-order valence-corrected chi connectivity index (χ0v) is 9.83. The lowest BCUT2D eigenvalue weighted by atomic mass is 10.1. The number of benzene rings is 1. The summed E-state index contributed by atoms with van der Waals surface area (Å²) in [6.45, 7) is 1.59. The highest BCUT2D eigenvalue weighted by Gasteiger charge is 2.31. The van der Waals surface area contributed by atoms with E-state index in [9.17, 15) is 13.2 Å². The topological polar surface area (TPSA) is 37.8 Å². The van der Waals surface area contributed by atoms with Crippen molar-refractivity contribution in [2.24, 2.45) is 0 Å². The van der Waals surface area contributed by atoms with Crippen molar-refractivity contribution in [3.05, 3.63) is 47.3 Å².